The van der Waals surface area contributed by atoms with Crippen molar-refractivity contribution in [2.75, 3.05) is 13.2 Å². The summed E-state index contributed by atoms with van der Waals surface area (Å²) >= 11 is 0. The quantitative estimate of drug-likeness (QED) is 0.555. The number of nitrogens with one attached hydrogen (secondary N) is 1. The van der Waals surface area contributed by atoms with Gasteiger partial charge in [0, 0.05) is 19.6 Å². The molecule has 0 fully saturated rings. The van der Waals surface area contributed by atoms with Gasteiger partial charge in [-0.1, -0.05) is 36.9 Å². The number of rotatable bonds is 9. The summed E-state index contributed by atoms with van der Waals surface area (Å²) in [6.45, 7) is 9.02. The Bertz CT molecular complexity index is 412. The predicted octanol–water partition coefficient (Wildman–Crippen LogP) is 3.11. The molecule has 1 amide bonds. The van der Waals surface area contributed by atoms with Crippen LogP contribution < -0.4 is 5.32 Å². The Kier molecular flexibility index (Phi) is 7.02. The van der Waals surface area contributed by atoms with Crippen molar-refractivity contribution in [3.8, 4) is 0 Å². The lowest BCUT2D eigenvalue weighted by Crippen LogP contribution is -2.28. The largest absolute Gasteiger partial charge is 0.375 e. The topological polar surface area (TPSA) is 38.3 Å². The number of carbonyl (C=O) groups is 1. The molecule has 0 spiro atoms. The highest BCUT2D eigenvalue weighted by Gasteiger charge is 2.18. The van der Waals surface area contributed by atoms with Gasteiger partial charge in [-0.3, -0.25) is 4.79 Å². The first kappa shape index (κ1) is 16.4. The minimum absolute atomic E-state index is 0.115. The summed E-state index contributed by atoms with van der Waals surface area (Å²) in [6.07, 6.45) is 4.05. The van der Waals surface area contributed by atoms with E-state index >= 15 is 0 Å². The van der Waals surface area contributed by atoms with E-state index in [1.54, 1.807) is 0 Å². The van der Waals surface area contributed by atoms with E-state index in [9.17, 15) is 4.79 Å². The molecule has 1 N–H and O–H groups in total. The van der Waals surface area contributed by atoms with Gasteiger partial charge in [-0.2, -0.15) is 0 Å². The van der Waals surface area contributed by atoms with Gasteiger partial charge < -0.3 is 10.1 Å². The van der Waals surface area contributed by atoms with E-state index in [1.807, 2.05) is 18.2 Å². The molecule has 0 aliphatic heterocycles. The molecule has 0 aliphatic carbocycles. The standard InChI is InChI=1S/C17H25NO2/c1-4-16(19)18-12-8-9-13-20-17(2,3)14-15-10-6-5-7-11-15/h4-7,10-11H,1,8-9,12-14H2,2-3H3,(H,18,19). The molecule has 3 nitrogen and oxygen atoms in total. The van der Waals surface area contributed by atoms with Crippen molar-refractivity contribution in [1.29, 1.82) is 0 Å². The van der Waals surface area contributed by atoms with Crippen LogP contribution in [0.5, 0.6) is 0 Å². The van der Waals surface area contributed by atoms with Gasteiger partial charge in [0.25, 0.3) is 0 Å². The average Bonchev–Trinajstić information content (AvgIpc) is 2.43. The minimum atomic E-state index is -0.161. The first-order chi connectivity index (χ1) is 9.53. The van der Waals surface area contributed by atoms with Gasteiger partial charge in [0.2, 0.25) is 5.91 Å². The minimum Gasteiger partial charge on any atom is -0.375 e. The molecule has 0 radical (unpaired) electrons. The molecule has 0 aliphatic rings. The molecule has 0 unspecified atom stereocenters. The van der Waals surface area contributed by atoms with Gasteiger partial charge >= 0.3 is 0 Å². The summed E-state index contributed by atoms with van der Waals surface area (Å²) < 4.78 is 5.93. The van der Waals surface area contributed by atoms with Crippen LogP contribution >= 0.6 is 0 Å². The highest BCUT2D eigenvalue weighted by molar-refractivity contribution is 5.86. The Balaban J connectivity index is 2.17. The lowest BCUT2D eigenvalue weighted by atomic mass is 9.98. The van der Waals surface area contributed by atoms with E-state index < -0.39 is 0 Å². The van der Waals surface area contributed by atoms with Crippen LogP contribution in [0.2, 0.25) is 0 Å². The van der Waals surface area contributed by atoms with Gasteiger partial charge in [-0.05, 0) is 38.3 Å². The fraction of sp³-hybridized carbons (Fsp3) is 0.471. The maximum atomic E-state index is 10.9. The van der Waals surface area contributed by atoms with Crippen molar-refractivity contribution in [3.63, 3.8) is 0 Å². The van der Waals surface area contributed by atoms with Gasteiger partial charge in [0.1, 0.15) is 0 Å². The molecule has 110 valence electrons. The Morgan fingerprint density at radius 1 is 1.30 bits per heavy atom. The fourth-order valence-electron chi connectivity index (χ4n) is 2.00. The predicted molar refractivity (Wildman–Crippen MR) is 82.6 cm³/mol. The number of hydrogen-bond donors (Lipinski definition) is 1. The van der Waals surface area contributed by atoms with Crippen molar-refractivity contribution in [3.05, 3.63) is 48.6 Å². The van der Waals surface area contributed by atoms with E-state index in [-0.39, 0.29) is 11.5 Å². The first-order valence-electron chi connectivity index (χ1n) is 7.12. The zero-order valence-corrected chi connectivity index (χ0v) is 12.5. The Labute approximate surface area is 122 Å². The third-order valence-corrected chi connectivity index (χ3v) is 3.02. The molecule has 0 aromatic heterocycles. The SMILES string of the molecule is C=CC(=O)NCCCCOC(C)(C)Cc1ccccc1. The van der Waals surface area contributed by atoms with Crippen LogP contribution in [0.25, 0.3) is 0 Å². The second kappa shape index (κ2) is 8.54. The maximum Gasteiger partial charge on any atom is 0.243 e. The molecule has 1 aromatic carbocycles. The Hall–Kier alpha value is -1.61. The summed E-state index contributed by atoms with van der Waals surface area (Å²) in [5, 5.41) is 2.76. The molecule has 0 saturated heterocycles. The van der Waals surface area contributed by atoms with Crippen molar-refractivity contribution in [2.45, 2.75) is 38.7 Å². The zero-order valence-electron chi connectivity index (χ0n) is 12.5. The fourth-order valence-corrected chi connectivity index (χ4v) is 2.00. The molecular formula is C17H25NO2. The van der Waals surface area contributed by atoms with Crippen molar-refractivity contribution in [1.82, 2.24) is 5.32 Å². The summed E-state index contributed by atoms with van der Waals surface area (Å²) in [7, 11) is 0. The molecule has 0 bridgehead atoms. The first-order valence-corrected chi connectivity index (χ1v) is 7.12. The van der Waals surface area contributed by atoms with Gasteiger partial charge in [0.15, 0.2) is 0 Å². The number of carbonyl (C=O) groups excluding carboxylic acids is 1. The zero-order chi connectivity index (χ0) is 14.8. The third-order valence-electron chi connectivity index (χ3n) is 3.02. The van der Waals surface area contributed by atoms with Crippen LogP contribution in [0.1, 0.15) is 32.3 Å². The van der Waals surface area contributed by atoms with Gasteiger partial charge in [-0.25, -0.2) is 0 Å². The van der Waals surface area contributed by atoms with Crippen LogP contribution in [0.15, 0.2) is 43.0 Å². The van der Waals surface area contributed by atoms with Gasteiger partial charge in [-0.15, -0.1) is 0 Å². The van der Waals surface area contributed by atoms with E-state index in [2.05, 4.69) is 37.9 Å². The number of ether oxygens (including phenoxy) is 1. The Morgan fingerprint density at radius 2 is 2.00 bits per heavy atom. The second-order valence-corrected chi connectivity index (χ2v) is 5.47. The Morgan fingerprint density at radius 3 is 2.65 bits per heavy atom. The normalized spacial score (nSPS) is 11.1. The summed E-state index contributed by atoms with van der Waals surface area (Å²) in [4.78, 5) is 10.9. The third kappa shape index (κ3) is 7.10. The highest BCUT2D eigenvalue weighted by Crippen LogP contribution is 2.17. The molecule has 0 atom stereocenters. The molecule has 1 aromatic rings. The number of hydrogen-bond acceptors (Lipinski definition) is 2. The summed E-state index contributed by atoms with van der Waals surface area (Å²) in [5.41, 5.74) is 1.13. The monoisotopic (exact) mass is 275 g/mol. The molecular weight excluding hydrogens is 250 g/mol. The van der Waals surface area contributed by atoms with Crippen molar-refractivity contribution >= 4 is 5.91 Å². The number of amides is 1. The van der Waals surface area contributed by atoms with Crippen LogP contribution in [-0.2, 0) is 16.0 Å². The van der Waals surface area contributed by atoms with Crippen molar-refractivity contribution < 1.29 is 9.53 Å². The summed E-state index contributed by atoms with van der Waals surface area (Å²) in [6, 6.07) is 10.4. The van der Waals surface area contributed by atoms with E-state index in [4.69, 9.17) is 4.74 Å². The lowest BCUT2D eigenvalue weighted by molar-refractivity contribution is -0.116. The number of unbranched alkanes of at least 4 members (excludes halogenated alkanes) is 1. The molecule has 3 heteroatoms. The smallest absolute Gasteiger partial charge is 0.243 e. The summed E-state index contributed by atoms with van der Waals surface area (Å²) in [5.74, 6) is -0.115. The molecule has 20 heavy (non-hydrogen) atoms. The van der Waals surface area contributed by atoms with E-state index in [0.29, 0.717) is 13.2 Å². The van der Waals surface area contributed by atoms with Crippen LogP contribution in [0.3, 0.4) is 0 Å². The second-order valence-electron chi connectivity index (χ2n) is 5.47. The molecule has 0 heterocycles. The number of benzene rings is 1. The molecule has 1 rings (SSSR count). The van der Waals surface area contributed by atoms with Crippen LogP contribution in [0.4, 0.5) is 0 Å². The highest BCUT2D eigenvalue weighted by atomic mass is 16.5. The van der Waals surface area contributed by atoms with E-state index in [1.165, 1.54) is 11.6 Å². The van der Waals surface area contributed by atoms with E-state index in [0.717, 1.165) is 19.3 Å². The van der Waals surface area contributed by atoms with Crippen LogP contribution in [-0.4, -0.2) is 24.7 Å². The van der Waals surface area contributed by atoms with Crippen LogP contribution in [0, 0.1) is 0 Å². The lowest BCUT2D eigenvalue weighted by Gasteiger charge is -2.25. The van der Waals surface area contributed by atoms with Crippen molar-refractivity contribution in [2.24, 2.45) is 0 Å². The van der Waals surface area contributed by atoms with Gasteiger partial charge in [0.05, 0.1) is 5.60 Å². The maximum absolute atomic E-state index is 10.9. The molecule has 0 saturated carbocycles. The average molecular weight is 275 g/mol.